The third-order valence-electron chi connectivity index (χ3n) is 5.73. The number of sulfonamides is 1. The lowest BCUT2D eigenvalue weighted by Gasteiger charge is -2.21. The first-order chi connectivity index (χ1) is 16.7. The van der Waals surface area contributed by atoms with Gasteiger partial charge in [-0.25, -0.2) is 13.1 Å². The minimum absolute atomic E-state index is 0.132. The van der Waals surface area contributed by atoms with Crippen LogP contribution in [0.15, 0.2) is 76.4 Å². The lowest BCUT2D eigenvalue weighted by molar-refractivity contribution is 0.414. The largest absolute Gasteiger partial charge is 0.497 e. The Morgan fingerprint density at radius 2 is 1.71 bits per heavy atom. The van der Waals surface area contributed by atoms with Gasteiger partial charge in [-0.15, -0.1) is 0 Å². The summed E-state index contributed by atoms with van der Waals surface area (Å²) in [7, 11) is -2.23. The topological polar surface area (TPSA) is 77.4 Å². The second-order valence-corrected chi connectivity index (χ2v) is 11.9. The molecule has 0 saturated heterocycles. The van der Waals surface area contributed by atoms with Crippen molar-refractivity contribution in [3.8, 4) is 5.75 Å². The molecule has 35 heavy (non-hydrogen) atoms. The van der Waals surface area contributed by atoms with Gasteiger partial charge in [0, 0.05) is 11.1 Å². The summed E-state index contributed by atoms with van der Waals surface area (Å²) in [6.45, 7) is 4.49. The quantitative estimate of drug-likeness (QED) is 0.295. The number of hydrogen-bond donors (Lipinski definition) is 1. The normalized spacial score (nSPS) is 12.8. The van der Waals surface area contributed by atoms with E-state index in [1.807, 2.05) is 36.4 Å². The summed E-state index contributed by atoms with van der Waals surface area (Å²) in [4.78, 5) is 12.7. The number of methoxy groups -OCH3 is 1. The predicted molar refractivity (Wildman–Crippen MR) is 142 cm³/mol. The van der Waals surface area contributed by atoms with E-state index in [4.69, 9.17) is 16.3 Å². The van der Waals surface area contributed by atoms with Gasteiger partial charge in [0.15, 0.2) is 0 Å². The molecule has 0 saturated carbocycles. The molecular formula is C26H27ClN2O4S2. The molecule has 0 aliphatic carbocycles. The number of nitrogens with one attached hydrogen (secondary N) is 1. The van der Waals surface area contributed by atoms with Crippen molar-refractivity contribution >= 4 is 43.2 Å². The molecule has 0 aliphatic rings. The number of aromatic nitrogens is 1. The Balaban J connectivity index is 1.63. The predicted octanol–water partition coefficient (Wildman–Crippen LogP) is 5.84. The van der Waals surface area contributed by atoms with Crippen molar-refractivity contribution in [3.05, 3.63) is 92.5 Å². The summed E-state index contributed by atoms with van der Waals surface area (Å²) in [6.07, 6.45) is 0.638. The van der Waals surface area contributed by atoms with E-state index in [-0.39, 0.29) is 15.7 Å². The highest BCUT2D eigenvalue weighted by molar-refractivity contribution is 7.89. The van der Waals surface area contributed by atoms with E-state index < -0.39 is 16.1 Å². The molecule has 4 rings (SSSR count). The van der Waals surface area contributed by atoms with Crippen molar-refractivity contribution in [2.75, 3.05) is 7.11 Å². The first-order valence-electron chi connectivity index (χ1n) is 11.2. The smallest absolute Gasteiger partial charge is 0.308 e. The van der Waals surface area contributed by atoms with Crippen molar-refractivity contribution in [1.82, 2.24) is 9.29 Å². The zero-order valence-corrected chi connectivity index (χ0v) is 22.1. The maximum atomic E-state index is 13.4. The van der Waals surface area contributed by atoms with Gasteiger partial charge < -0.3 is 4.74 Å². The van der Waals surface area contributed by atoms with Gasteiger partial charge in [-0.05, 0) is 65.9 Å². The minimum atomic E-state index is -3.83. The number of hydrogen-bond acceptors (Lipinski definition) is 5. The maximum Gasteiger partial charge on any atom is 0.308 e. The average molecular weight is 531 g/mol. The van der Waals surface area contributed by atoms with E-state index >= 15 is 0 Å². The lowest BCUT2D eigenvalue weighted by atomic mass is 9.98. The summed E-state index contributed by atoms with van der Waals surface area (Å²) >= 11 is 7.00. The van der Waals surface area contributed by atoms with E-state index in [0.29, 0.717) is 34.0 Å². The van der Waals surface area contributed by atoms with E-state index in [1.54, 1.807) is 42.0 Å². The molecule has 4 aromatic rings. The molecule has 184 valence electrons. The Bertz CT molecular complexity index is 1470. The van der Waals surface area contributed by atoms with E-state index in [2.05, 4.69) is 18.6 Å². The van der Waals surface area contributed by atoms with Crippen molar-refractivity contribution in [1.29, 1.82) is 0 Å². The van der Waals surface area contributed by atoms with Crippen LogP contribution in [-0.2, 0) is 16.6 Å². The monoisotopic (exact) mass is 530 g/mol. The first kappa shape index (κ1) is 25.4. The second-order valence-electron chi connectivity index (χ2n) is 8.79. The summed E-state index contributed by atoms with van der Waals surface area (Å²) in [5.41, 5.74) is 2.50. The minimum Gasteiger partial charge on any atom is -0.497 e. The van der Waals surface area contributed by atoms with Crippen molar-refractivity contribution in [2.24, 2.45) is 5.92 Å². The molecule has 1 heterocycles. The highest BCUT2D eigenvalue weighted by atomic mass is 35.5. The highest BCUT2D eigenvalue weighted by Gasteiger charge is 2.23. The van der Waals surface area contributed by atoms with Crippen LogP contribution in [0.25, 0.3) is 10.2 Å². The molecule has 1 atom stereocenters. The summed E-state index contributed by atoms with van der Waals surface area (Å²) in [5.74, 6) is 0.989. The molecule has 1 unspecified atom stereocenters. The van der Waals surface area contributed by atoms with Gasteiger partial charge in [-0.3, -0.25) is 9.36 Å². The molecule has 3 aromatic carbocycles. The Morgan fingerprint density at radius 1 is 1.03 bits per heavy atom. The zero-order valence-electron chi connectivity index (χ0n) is 19.7. The van der Waals surface area contributed by atoms with Crippen LogP contribution in [0.5, 0.6) is 5.75 Å². The molecule has 6 nitrogen and oxygen atoms in total. The van der Waals surface area contributed by atoms with E-state index in [1.165, 1.54) is 0 Å². The zero-order chi connectivity index (χ0) is 25.2. The fourth-order valence-electron chi connectivity index (χ4n) is 3.95. The van der Waals surface area contributed by atoms with Crippen LogP contribution in [0.3, 0.4) is 0 Å². The summed E-state index contributed by atoms with van der Waals surface area (Å²) in [5, 5.41) is 0.629. The van der Waals surface area contributed by atoms with Crippen LogP contribution < -0.4 is 14.3 Å². The SMILES string of the molecule is COc1ccc(C(CC(C)C)NS(=O)(=O)c2ccc3c(c2)sc(=O)n3Cc2ccc(Cl)cc2)cc1. The van der Waals surface area contributed by atoms with Gasteiger partial charge in [0.2, 0.25) is 10.0 Å². The number of benzene rings is 3. The number of nitrogens with zero attached hydrogens (tertiary/aromatic N) is 1. The lowest BCUT2D eigenvalue weighted by Crippen LogP contribution is -2.29. The Kier molecular flexibility index (Phi) is 7.66. The van der Waals surface area contributed by atoms with Crippen LogP contribution >= 0.6 is 22.9 Å². The highest BCUT2D eigenvalue weighted by Crippen LogP contribution is 2.28. The van der Waals surface area contributed by atoms with Crippen molar-refractivity contribution < 1.29 is 13.2 Å². The third kappa shape index (κ3) is 5.95. The molecular weight excluding hydrogens is 504 g/mol. The number of halogens is 1. The molecule has 0 fully saturated rings. The number of rotatable bonds is 9. The van der Waals surface area contributed by atoms with E-state index in [9.17, 15) is 13.2 Å². The van der Waals surface area contributed by atoms with Crippen LogP contribution in [0.4, 0.5) is 0 Å². The van der Waals surface area contributed by atoms with Crippen LogP contribution in [0.2, 0.25) is 5.02 Å². The molecule has 0 amide bonds. The van der Waals surface area contributed by atoms with Gasteiger partial charge >= 0.3 is 4.87 Å². The molecule has 0 bridgehead atoms. The Labute approximate surface area is 214 Å². The van der Waals surface area contributed by atoms with Crippen LogP contribution in [0.1, 0.15) is 37.4 Å². The van der Waals surface area contributed by atoms with Gasteiger partial charge in [-0.2, -0.15) is 0 Å². The van der Waals surface area contributed by atoms with Gasteiger partial charge in [0.25, 0.3) is 0 Å². The molecule has 0 spiro atoms. The van der Waals surface area contributed by atoms with Crippen molar-refractivity contribution in [3.63, 3.8) is 0 Å². The summed E-state index contributed by atoms with van der Waals surface area (Å²) in [6, 6.07) is 19.1. The average Bonchev–Trinajstić information content (AvgIpc) is 3.14. The molecule has 1 aromatic heterocycles. The molecule has 0 aliphatic heterocycles. The van der Waals surface area contributed by atoms with Crippen LogP contribution in [0, 0.1) is 5.92 Å². The maximum absolute atomic E-state index is 13.4. The fourth-order valence-corrected chi connectivity index (χ4v) is 6.34. The number of ether oxygens (including phenoxy) is 1. The molecule has 1 N–H and O–H groups in total. The molecule has 0 radical (unpaired) electrons. The van der Waals surface area contributed by atoms with Gasteiger partial charge in [0.05, 0.1) is 28.8 Å². The summed E-state index contributed by atoms with van der Waals surface area (Å²) < 4.78 is 37.1. The second kappa shape index (κ2) is 10.5. The Morgan fingerprint density at radius 3 is 2.34 bits per heavy atom. The third-order valence-corrected chi connectivity index (χ3v) is 8.39. The van der Waals surface area contributed by atoms with E-state index in [0.717, 1.165) is 22.5 Å². The Hall–Kier alpha value is -2.65. The van der Waals surface area contributed by atoms with Gasteiger partial charge in [0.1, 0.15) is 5.75 Å². The molecule has 9 heteroatoms. The number of thiazole rings is 1. The number of fused-ring (bicyclic) bond motifs is 1. The van der Waals surface area contributed by atoms with Crippen molar-refractivity contribution in [2.45, 2.75) is 37.8 Å². The fraction of sp³-hybridized carbons (Fsp3) is 0.269. The standard InChI is InChI=1S/C26H27ClN2O4S2/c1-17(2)14-23(19-6-10-21(33-3)11-7-19)28-35(31,32)22-12-13-24-25(15-22)34-26(30)29(24)16-18-4-8-20(27)9-5-18/h4-13,15,17,23,28H,14,16H2,1-3H3. The van der Waals surface area contributed by atoms with Crippen LogP contribution in [-0.4, -0.2) is 20.1 Å². The first-order valence-corrected chi connectivity index (χ1v) is 13.9. The van der Waals surface area contributed by atoms with Gasteiger partial charge in [-0.1, -0.05) is 61.1 Å².